The summed E-state index contributed by atoms with van der Waals surface area (Å²) in [5.74, 6) is 0.323. The Hall–Kier alpha value is -3.32. The molecule has 0 aliphatic rings. The molecule has 0 unspecified atom stereocenters. The van der Waals surface area contributed by atoms with Crippen LogP contribution in [0.25, 0.3) is 0 Å². The van der Waals surface area contributed by atoms with Crippen molar-refractivity contribution in [2.75, 3.05) is 24.0 Å². The molecular weight excluding hydrogens is 424 g/mol. The minimum absolute atomic E-state index is 0.137. The summed E-state index contributed by atoms with van der Waals surface area (Å²) in [5, 5.41) is 2.74. The predicted molar refractivity (Wildman–Crippen MR) is 127 cm³/mol. The molecule has 0 saturated carbocycles. The fraction of sp³-hybridized carbons (Fsp3) is 0.240. The Morgan fingerprint density at radius 2 is 1.59 bits per heavy atom. The molecule has 7 heteroatoms. The molecule has 3 rings (SSSR count). The van der Waals surface area contributed by atoms with E-state index in [0.29, 0.717) is 5.69 Å². The zero-order valence-electron chi connectivity index (χ0n) is 18.5. The summed E-state index contributed by atoms with van der Waals surface area (Å²) in [6, 6.07) is 21.0. The van der Waals surface area contributed by atoms with Crippen molar-refractivity contribution in [3.63, 3.8) is 0 Å². The first-order valence-corrected chi connectivity index (χ1v) is 11.8. The van der Waals surface area contributed by atoms with Gasteiger partial charge in [-0.2, -0.15) is 0 Å². The van der Waals surface area contributed by atoms with Gasteiger partial charge in [-0.15, -0.1) is 0 Å². The number of carbonyl (C=O) groups excluding carboxylic acids is 1. The van der Waals surface area contributed by atoms with Crippen LogP contribution in [-0.4, -0.2) is 34.0 Å². The maximum absolute atomic E-state index is 13.3. The number of amides is 1. The monoisotopic (exact) mass is 452 g/mol. The molecule has 168 valence electrons. The number of anilines is 1. The van der Waals surface area contributed by atoms with Crippen LogP contribution in [0.4, 0.5) is 5.69 Å². The lowest BCUT2D eigenvalue weighted by molar-refractivity contribution is -0.119. The molecule has 0 atom stereocenters. The molecular formula is C25H28N2O4S. The number of nitrogens with zero attached hydrogens (tertiary/aromatic N) is 1. The number of rotatable bonds is 9. The first kappa shape index (κ1) is 23.3. The number of hydrogen-bond acceptors (Lipinski definition) is 4. The van der Waals surface area contributed by atoms with Gasteiger partial charge in [-0.1, -0.05) is 42.0 Å². The van der Waals surface area contributed by atoms with Crippen LogP contribution in [0.3, 0.4) is 0 Å². The normalized spacial score (nSPS) is 11.1. The van der Waals surface area contributed by atoms with Gasteiger partial charge in [0.2, 0.25) is 5.91 Å². The van der Waals surface area contributed by atoms with Crippen molar-refractivity contribution >= 4 is 21.6 Å². The first-order valence-electron chi connectivity index (χ1n) is 10.4. The molecule has 3 aromatic rings. The molecule has 1 N–H and O–H groups in total. The van der Waals surface area contributed by atoms with Crippen LogP contribution < -0.4 is 14.4 Å². The Bertz CT molecular complexity index is 1160. The second-order valence-corrected chi connectivity index (χ2v) is 9.47. The Morgan fingerprint density at radius 1 is 0.906 bits per heavy atom. The van der Waals surface area contributed by atoms with E-state index >= 15 is 0 Å². The second kappa shape index (κ2) is 10.3. The number of nitrogens with one attached hydrogen (secondary N) is 1. The number of hydrogen-bond donors (Lipinski definition) is 1. The largest absolute Gasteiger partial charge is 0.492 e. The van der Waals surface area contributed by atoms with Crippen molar-refractivity contribution in [3.8, 4) is 5.75 Å². The van der Waals surface area contributed by atoms with Crippen LogP contribution in [0.15, 0.2) is 77.7 Å². The summed E-state index contributed by atoms with van der Waals surface area (Å²) in [6.07, 6.45) is 0. The molecule has 32 heavy (non-hydrogen) atoms. The average Bonchev–Trinajstić information content (AvgIpc) is 2.78. The van der Waals surface area contributed by atoms with Gasteiger partial charge in [0.15, 0.2) is 0 Å². The minimum atomic E-state index is -3.91. The summed E-state index contributed by atoms with van der Waals surface area (Å²) < 4.78 is 33.4. The third-order valence-corrected chi connectivity index (χ3v) is 6.90. The fourth-order valence-electron chi connectivity index (χ4n) is 3.10. The summed E-state index contributed by atoms with van der Waals surface area (Å²) in [4.78, 5) is 12.7. The molecule has 0 aromatic heterocycles. The SMILES string of the molecule is Cc1ccc(S(=O)(=O)N(CC(=O)NCCOc2ccc(C)c(C)c2)c2ccccc2)cc1. The number of aryl methyl sites for hydroxylation is 3. The van der Waals surface area contributed by atoms with Gasteiger partial charge in [-0.05, 0) is 68.3 Å². The molecule has 0 saturated heterocycles. The van der Waals surface area contributed by atoms with E-state index in [1.54, 1.807) is 54.6 Å². The van der Waals surface area contributed by atoms with Gasteiger partial charge in [0, 0.05) is 0 Å². The van der Waals surface area contributed by atoms with E-state index in [-0.39, 0.29) is 24.6 Å². The van der Waals surface area contributed by atoms with E-state index in [0.717, 1.165) is 21.2 Å². The minimum Gasteiger partial charge on any atom is -0.492 e. The van der Waals surface area contributed by atoms with Gasteiger partial charge in [0.25, 0.3) is 10.0 Å². The Morgan fingerprint density at radius 3 is 2.25 bits per heavy atom. The Kier molecular flexibility index (Phi) is 7.53. The van der Waals surface area contributed by atoms with E-state index in [1.165, 1.54) is 5.56 Å². The van der Waals surface area contributed by atoms with Crippen molar-refractivity contribution in [2.24, 2.45) is 0 Å². The number of ether oxygens (including phenoxy) is 1. The van der Waals surface area contributed by atoms with Crippen LogP contribution in [0.1, 0.15) is 16.7 Å². The maximum atomic E-state index is 13.3. The van der Waals surface area contributed by atoms with E-state index in [4.69, 9.17) is 4.74 Å². The maximum Gasteiger partial charge on any atom is 0.264 e. The summed E-state index contributed by atoms with van der Waals surface area (Å²) in [6.45, 7) is 6.14. The van der Waals surface area contributed by atoms with Gasteiger partial charge in [0.05, 0.1) is 17.1 Å². The molecule has 0 aliphatic carbocycles. The van der Waals surface area contributed by atoms with Crippen LogP contribution in [0, 0.1) is 20.8 Å². The van der Waals surface area contributed by atoms with Crippen molar-refractivity contribution in [2.45, 2.75) is 25.7 Å². The number of sulfonamides is 1. The van der Waals surface area contributed by atoms with Gasteiger partial charge in [-0.25, -0.2) is 8.42 Å². The van der Waals surface area contributed by atoms with Gasteiger partial charge < -0.3 is 10.1 Å². The summed E-state index contributed by atoms with van der Waals surface area (Å²) >= 11 is 0. The smallest absolute Gasteiger partial charge is 0.264 e. The number of para-hydroxylation sites is 1. The lowest BCUT2D eigenvalue weighted by Gasteiger charge is -2.24. The zero-order chi connectivity index (χ0) is 23.1. The van der Waals surface area contributed by atoms with E-state index in [2.05, 4.69) is 5.32 Å². The van der Waals surface area contributed by atoms with Crippen molar-refractivity contribution in [1.82, 2.24) is 5.32 Å². The lowest BCUT2D eigenvalue weighted by atomic mass is 10.1. The highest BCUT2D eigenvalue weighted by molar-refractivity contribution is 7.92. The zero-order valence-corrected chi connectivity index (χ0v) is 19.4. The van der Waals surface area contributed by atoms with Crippen LogP contribution in [0.5, 0.6) is 5.75 Å². The molecule has 0 radical (unpaired) electrons. The van der Waals surface area contributed by atoms with E-state index in [1.807, 2.05) is 39.0 Å². The van der Waals surface area contributed by atoms with Gasteiger partial charge in [-0.3, -0.25) is 9.10 Å². The Labute approximate surface area is 189 Å². The summed E-state index contributed by atoms with van der Waals surface area (Å²) in [5.41, 5.74) is 3.69. The quantitative estimate of drug-likeness (QED) is 0.498. The van der Waals surface area contributed by atoms with E-state index < -0.39 is 15.9 Å². The second-order valence-electron chi connectivity index (χ2n) is 7.60. The third kappa shape index (κ3) is 5.88. The molecule has 0 heterocycles. The van der Waals surface area contributed by atoms with Crippen molar-refractivity contribution < 1.29 is 17.9 Å². The molecule has 1 amide bonds. The van der Waals surface area contributed by atoms with Crippen molar-refractivity contribution in [3.05, 3.63) is 89.5 Å². The number of benzene rings is 3. The van der Waals surface area contributed by atoms with Gasteiger partial charge >= 0.3 is 0 Å². The summed E-state index contributed by atoms with van der Waals surface area (Å²) in [7, 11) is -3.91. The van der Waals surface area contributed by atoms with Crippen LogP contribution in [0.2, 0.25) is 0 Å². The molecule has 0 fully saturated rings. The molecule has 0 aliphatic heterocycles. The molecule has 3 aromatic carbocycles. The van der Waals surface area contributed by atoms with Crippen molar-refractivity contribution in [1.29, 1.82) is 0 Å². The molecule has 0 spiro atoms. The number of carbonyl (C=O) groups is 1. The highest BCUT2D eigenvalue weighted by atomic mass is 32.2. The topological polar surface area (TPSA) is 75.7 Å². The molecule has 0 bridgehead atoms. The molecule has 6 nitrogen and oxygen atoms in total. The van der Waals surface area contributed by atoms with Gasteiger partial charge in [0.1, 0.15) is 18.9 Å². The lowest BCUT2D eigenvalue weighted by Crippen LogP contribution is -2.41. The van der Waals surface area contributed by atoms with Crippen LogP contribution in [-0.2, 0) is 14.8 Å². The third-order valence-electron chi connectivity index (χ3n) is 5.11. The first-order chi connectivity index (χ1) is 15.3. The predicted octanol–water partition coefficient (Wildman–Crippen LogP) is 4.00. The highest BCUT2D eigenvalue weighted by Gasteiger charge is 2.27. The van der Waals surface area contributed by atoms with E-state index in [9.17, 15) is 13.2 Å². The average molecular weight is 453 g/mol. The van der Waals surface area contributed by atoms with Crippen LogP contribution >= 0.6 is 0 Å². The Balaban J connectivity index is 1.66. The highest BCUT2D eigenvalue weighted by Crippen LogP contribution is 2.23. The standard InChI is InChI=1S/C25H28N2O4S/c1-19-9-13-24(14-10-19)32(29,30)27(22-7-5-4-6-8-22)18-25(28)26-15-16-31-23-12-11-20(2)21(3)17-23/h4-14,17H,15-16,18H2,1-3H3,(H,26,28). The fourth-order valence-corrected chi connectivity index (χ4v) is 4.52.